The minimum Gasteiger partial charge on any atom is -0.506 e. The predicted octanol–water partition coefficient (Wildman–Crippen LogP) is 4.51. The number of phenolic OH excluding ortho intramolecular Hbond substituents is 1. The third-order valence-electron chi connectivity index (χ3n) is 5.73. The molecular formula is C27H17NO6. The fourth-order valence-electron chi connectivity index (χ4n) is 4.07. The van der Waals surface area contributed by atoms with Crippen LogP contribution in [-0.2, 0) is 4.79 Å². The zero-order chi connectivity index (χ0) is 23.8. The van der Waals surface area contributed by atoms with Gasteiger partial charge in [-0.15, -0.1) is 0 Å². The fourth-order valence-corrected chi connectivity index (χ4v) is 4.07. The first-order chi connectivity index (χ1) is 16.5. The number of phenols is 1. The number of ketones is 2. The van der Waals surface area contributed by atoms with E-state index in [4.69, 9.17) is 4.74 Å². The van der Waals surface area contributed by atoms with E-state index < -0.39 is 17.5 Å². The summed E-state index contributed by atoms with van der Waals surface area (Å²) in [7, 11) is 0. The molecule has 1 atom stereocenters. The van der Waals surface area contributed by atoms with Crippen molar-refractivity contribution in [1.82, 2.24) is 4.98 Å². The number of rotatable bonds is 5. The molecule has 0 spiro atoms. The molecule has 7 nitrogen and oxygen atoms in total. The lowest BCUT2D eigenvalue weighted by Crippen LogP contribution is -2.14. The molecule has 166 valence electrons. The predicted molar refractivity (Wildman–Crippen MR) is 125 cm³/mol. The van der Waals surface area contributed by atoms with Crippen molar-refractivity contribution in [2.75, 3.05) is 0 Å². The Morgan fingerprint density at radius 2 is 1.50 bits per heavy atom. The zero-order valence-electron chi connectivity index (χ0n) is 17.6. The van der Waals surface area contributed by atoms with Crippen LogP contribution in [0.2, 0.25) is 0 Å². The van der Waals surface area contributed by atoms with Crippen LogP contribution in [0.5, 0.6) is 17.2 Å². The number of aromatic hydroxyl groups is 2. The van der Waals surface area contributed by atoms with Crippen molar-refractivity contribution in [3.8, 4) is 17.2 Å². The van der Waals surface area contributed by atoms with Crippen molar-refractivity contribution < 1.29 is 29.3 Å². The van der Waals surface area contributed by atoms with Crippen LogP contribution in [0.15, 0.2) is 66.7 Å². The van der Waals surface area contributed by atoms with Crippen molar-refractivity contribution >= 4 is 41.1 Å². The molecule has 1 aliphatic carbocycles. The van der Waals surface area contributed by atoms with Gasteiger partial charge in [-0.1, -0.05) is 48.6 Å². The van der Waals surface area contributed by atoms with E-state index in [0.717, 1.165) is 0 Å². The summed E-state index contributed by atoms with van der Waals surface area (Å²) in [5, 5.41) is 20.9. The van der Waals surface area contributed by atoms with Crippen molar-refractivity contribution in [2.24, 2.45) is 0 Å². The Morgan fingerprint density at radius 1 is 0.794 bits per heavy atom. The lowest BCUT2D eigenvalue weighted by atomic mass is 9.97. The lowest BCUT2D eigenvalue weighted by molar-refractivity contribution is -0.120. The highest BCUT2D eigenvalue weighted by Gasteiger charge is 2.42. The van der Waals surface area contributed by atoms with Gasteiger partial charge in [-0.05, 0) is 41.5 Å². The number of aromatic nitrogens is 1. The Hall–Kier alpha value is -4.78. The maximum absolute atomic E-state index is 13.2. The van der Waals surface area contributed by atoms with Gasteiger partial charge >= 0.3 is 0 Å². The Bertz CT molecular complexity index is 1520. The van der Waals surface area contributed by atoms with Gasteiger partial charge in [-0.3, -0.25) is 14.4 Å². The molecule has 1 aromatic heterocycles. The minimum absolute atomic E-state index is 0.0254. The van der Waals surface area contributed by atoms with Gasteiger partial charge in [0.1, 0.15) is 17.4 Å². The lowest BCUT2D eigenvalue weighted by Gasteiger charge is -2.10. The summed E-state index contributed by atoms with van der Waals surface area (Å²) in [4.78, 5) is 41.2. The first-order valence-electron chi connectivity index (χ1n) is 10.4. The average molecular weight is 451 g/mol. The summed E-state index contributed by atoms with van der Waals surface area (Å²) in [6.45, 7) is 0.226. The molecule has 0 saturated carbocycles. The Labute approximate surface area is 193 Å². The maximum atomic E-state index is 13.2. The number of benzene rings is 3. The number of carbonyl (C=O) groups is 3. The number of hydrogen-bond donors (Lipinski definition) is 2. The SMILES string of the molecule is O=COc1cc(C=Cc2ccc3c(c2)C(=O)C(c2nc4ccccc4cc2O)C3=O)ccc1O. The zero-order valence-corrected chi connectivity index (χ0v) is 17.6. The van der Waals surface area contributed by atoms with Crippen LogP contribution < -0.4 is 4.74 Å². The van der Waals surface area contributed by atoms with Crippen molar-refractivity contribution in [1.29, 1.82) is 0 Å². The van der Waals surface area contributed by atoms with Crippen LogP contribution >= 0.6 is 0 Å². The third kappa shape index (κ3) is 3.59. The van der Waals surface area contributed by atoms with E-state index in [2.05, 4.69) is 4.98 Å². The van der Waals surface area contributed by atoms with Crippen LogP contribution in [0.1, 0.15) is 43.5 Å². The smallest absolute Gasteiger partial charge is 0.298 e. The molecule has 0 saturated heterocycles. The maximum Gasteiger partial charge on any atom is 0.298 e. The molecule has 1 aliphatic rings. The summed E-state index contributed by atoms with van der Waals surface area (Å²) >= 11 is 0. The number of hydrogen-bond acceptors (Lipinski definition) is 7. The summed E-state index contributed by atoms with van der Waals surface area (Å²) in [5.41, 5.74) is 2.51. The number of para-hydroxylation sites is 1. The molecule has 0 aliphatic heterocycles. The topological polar surface area (TPSA) is 114 Å². The van der Waals surface area contributed by atoms with Crippen LogP contribution in [0.25, 0.3) is 23.1 Å². The molecule has 7 heteroatoms. The molecule has 0 bridgehead atoms. The summed E-state index contributed by atoms with van der Waals surface area (Å²) in [5.74, 6) is -2.35. The molecule has 1 heterocycles. The Morgan fingerprint density at radius 3 is 2.29 bits per heavy atom. The number of carbonyl (C=O) groups excluding carboxylic acids is 3. The average Bonchev–Trinajstić information content (AvgIpc) is 3.08. The molecule has 0 amide bonds. The van der Waals surface area contributed by atoms with Gasteiger partial charge in [-0.25, -0.2) is 4.98 Å². The van der Waals surface area contributed by atoms with Crippen molar-refractivity contribution in [2.45, 2.75) is 5.92 Å². The Balaban J connectivity index is 1.47. The van der Waals surface area contributed by atoms with Crippen LogP contribution in [0.3, 0.4) is 0 Å². The number of fused-ring (bicyclic) bond motifs is 2. The molecular weight excluding hydrogens is 434 g/mol. The van der Waals surface area contributed by atoms with E-state index in [9.17, 15) is 24.6 Å². The second-order valence-corrected chi connectivity index (χ2v) is 7.83. The molecule has 3 aromatic carbocycles. The van der Waals surface area contributed by atoms with E-state index >= 15 is 0 Å². The largest absolute Gasteiger partial charge is 0.506 e. The highest BCUT2D eigenvalue weighted by atomic mass is 16.5. The van der Waals surface area contributed by atoms with Gasteiger partial charge in [0.15, 0.2) is 23.1 Å². The number of pyridine rings is 1. The van der Waals surface area contributed by atoms with Gasteiger partial charge in [0.2, 0.25) is 0 Å². The highest BCUT2D eigenvalue weighted by molar-refractivity contribution is 6.30. The van der Waals surface area contributed by atoms with Crippen molar-refractivity contribution in [3.63, 3.8) is 0 Å². The molecule has 1 unspecified atom stereocenters. The first-order valence-corrected chi connectivity index (χ1v) is 10.4. The van der Waals surface area contributed by atoms with Crippen LogP contribution in [-0.4, -0.2) is 33.2 Å². The monoisotopic (exact) mass is 451 g/mol. The molecule has 2 N–H and O–H groups in total. The summed E-state index contributed by atoms with van der Waals surface area (Å²) in [6.07, 6.45) is 3.45. The second-order valence-electron chi connectivity index (χ2n) is 7.83. The van der Waals surface area contributed by atoms with Crippen LogP contribution in [0, 0.1) is 0 Å². The van der Waals surface area contributed by atoms with E-state index in [-0.39, 0.29) is 40.5 Å². The quantitative estimate of drug-likeness (QED) is 0.261. The normalized spacial score (nSPS) is 15.1. The molecule has 5 rings (SSSR count). The minimum atomic E-state index is -1.20. The first kappa shape index (κ1) is 21.1. The van der Waals surface area contributed by atoms with E-state index in [1.165, 1.54) is 18.2 Å². The molecule has 0 fully saturated rings. The standard InChI is InChI=1S/C27H17NO6/c29-14-34-23-12-16(8-10-21(23)30)6-5-15-7-9-18-19(11-15)27(33)24(26(18)32)25-22(31)13-17-3-1-2-4-20(17)28-25/h1-14,24,30-31H. The van der Waals surface area contributed by atoms with E-state index in [1.807, 2.05) is 6.07 Å². The number of Topliss-reactive ketones (excluding diaryl/α,β-unsaturated/α-hetero) is 2. The third-order valence-corrected chi connectivity index (χ3v) is 5.73. The van der Waals surface area contributed by atoms with Crippen LogP contribution in [0.4, 0.5) is 0 Å². The summed E-state index contributed by atoms with van der Waals surface area (Å²) in [6, 6.07) is 18.1. The summed E-state index contributed by atoms with van der Waals surface area (Å²) < 4.78 is 4.73. The number of ether oxygens (including phenoxy) is 1. The Kier molecular flexibility index (Phi) is 5.14. The van der Waals surface area contributed by atoms with Gasteiger partial charge in [-0.2, -0.15) is 0 Å². The van der Waals surface area contributed by atoms with Gasteiger partial charge < -0.3 is 14.9 Å². The van der Waals surface area contributed by atoms with E-state index in [1.54, 1.807) is 54.6 Å². The number of nitrogens with zero attached hydrogens (tertiary/aromatic N) is 1. The molecule has 34 heavy (non-hydrogen) atoms. The highest BCUT2D eigenvalue weighted by Crippen LogP contribution is 2.38. The molecule has 0 radical (unpaired) electrons. The van der Waals surface area contributed by atoms with E-state index in [0.29, 0.717) is 22.0 Å². The van der Waals surface area contributed by atoms with Gasteiger partial charge in [0.05, 0.1) is 5.52 Å². The molecule has 4 aromatic rings. The fraction of sp³-hybridized carbons (Fsp3) is 0.0370. The van der Waals surface area contributed by atoms with Gasteiger partial charge in [0.25, 0.3) is 6.47 Å². The van der Waals surface area contributed by atoms with Crippen molar-refractivity contribution in [3.05, 3.63) is 94.7 Å². The second kappa shape index (κ2) is 8.29. The van der Waals surface area contributed by atoms with Gasteiger partial charge in [0, 0.05) is 16.5 Å².